The van der Waals surface area contributed by atoms with E-state index in [0.29, 0.717) is 11.3 Å². The molecule has 2 rings (SSSR count). The number of esters is 2. The molecular weight excluding hydrogens is 310 g/mol. The average Bonchev–Trinajstić information content (AvgIpc) is 3.09. The summed E-state index contributed by atoms with van der Waals surface area (Å²) in [6, 6.07) is 8.43. The molecule has 0 unspecified atom stereocenters. The van der Waals surface area contributed by atoms with Crippen LogP contribution < -0.4 is 5.32 Å². The second kappa shape index (κ2) is 8.31. The van der Waals surface area contributed by atoms with Gasteiger partial charge in [-0.2, -0.15) is 0 Å². The van der Waals surface area contributed by atoms with Crippen LogP contribution in [0.1, 0.15) is 39.8 Å². The van der Waals surface area contributed by atoms with Gasteiger partial charge >= 0.3 is 11.9 Å². The highest BCUT2D eigenvalue weighted by molar-refractivity contribution is 5.97. The number of hydrogen-bond donors (Lipinski definition) is 1. The van der Waals surface area contributed by atoms with Crippen LogP contribution in [0.2, 0.25) is 0 Å². The van der Waals surface area contributed by atoms with Crippen LogP contribution in [0, 0.1) is 0 Å². The molecule has 0 amide bonds. The van der Waals surface area contributed by atoms with Crippen molar-refractivity contribution in [2.45, 2.75) is 19.9 Å². The minimum absolute atomic E-state index is 0.269. The van der Waals surface area contributed by atoms with E-state index < -0.39 is 11.9 Å². The number of ether oxygens (including phenoxy) is 2. The predicted molar refractivity (Wildman–Crippen MR) is 87.6 cm³/mol. The molecule has 0 atom stereocenters. The number of hydrogen-bond acceptors (Lipinski definition) is 5. The molecule has 2 aromatic rings. The summed E-state index contributed by atoms with van der Waals surface area (Å²) in [4.78, 5) is 23.7. The van der Waals surface area contributed by atoms with Crippen molar-refractivity contribution >= 4 is 11.9 Å². The summed E-state index contributed by atoms with van der Waals surface area (Å²) in [6.07, 6.45) is 1.09. The van der Waals surface area contributed by atoms with E-state index >= 15 is 0 Å². The van der Waals surface area contributed by atoms with Gasteiger partial charge in [0.15, 0.2) is 5.76 Å². The van der Waals surface area contributed by atoms with Crippen LogP contribution in [-0.2, 0) is 16.0 Å². The number of nitrogens with two attached hydrogens (primary N) is 1. The third kappa shape index (κ3) is 4.23. The molecule has 0 spiro atoms. The Morgan fingerprint density at radius 3 is 2.21 bits per heavy atom. The quantitative estimate of drug-likeness (QED) is 0.619. The molecule has 0 aliphatic carbocycles. The van der Waals surface area contributed by atoms with Gasteiger partial charge in [-0.25, -0.2) is 9.59 Å². The van der Waals surface area contributed by atoms with Gasteiger partial charge in [0.1, 0.15) is 12.3 Å². The second-order valence-electron chi connectivity index (χ2n) is 5.33. The number of carbonyl (C=O) groups is 2. The van der Waals surface area contributed by atoms with Gasteiger partial charge in [-0.1, -0.05) is 6.92 Å². The first-order valence-electron chi connectivity index (χ1n) is 7.81. The van der Waals surface area contributed by atoms with Gasteiger partial charge in [-0.15, -0.1) is 0 Å². The Morgan fingerprint density at radius 1 is 1.04 bits per heavy atom. The summed E-state index contributed by atoms with van der Waals surface area (Å²) < 4.78 is 15.3. The molecule has 1 heterocycles. The fourth-order valence-corrected chi connectivity index (χ4v) is 2.33. The largest absolute Gasteiger partial charge is 0.465 e. The second-order valence-corrected chi connectivity index (χ2v) is 5.33. The van der Waals surface area contributed by atoms with Crippen LogP contribution in [0.5, 0.6) is 0 Å². The van der Waals surface area contributed by atoms with Gasteiger partial charge in [0.05, 0.1) is 31.9 Å². The van der Waals surface area contributed by atoms with Crippen LogP contribution in [0.3, 0.4) is 0 Å². The molecule has 0 bridgehead atoms. The summed E-state index contributed by atoms with van der Waals surface area (Å²) >= 11 is 0. The van der Waals surface area contributed by atoms with E-state index in [0.717, 1.165) is 25.3 Å². The first-order valence-corrected chi connectivity index (χ1v) is 7.81. The number of methoxy groups -OCH3 is 2. The lowest BCUT2D eigenvalue weighted by molar-refractivity contribution is -0.672. The molecule has 1 aromatic carbocycles. The van der Waals surface area contributed by atoms with Gasteiger partial charge in [-0.3, -0.25) is 0 Å². The van der Waals surface area contributed by atoms with Crippen molar-refractivity contribution in [2.75, 3.05) is 20.8 Å². The molecule has 128 valence electrons. The highest BCUT2D eigenvalue weighted by Crippen LogP contribution is 2.25. The van der Waals surface area contributed by atoms with Crippen molar-refractivity contribution in [3.05, 3.63) is 47.2 Å². The molecule has 6 heteroatoms. The lowest BCUT2D eigenvalue weighted by Crippen LogP contribution is -2.82. The molecule has 0 radical (unpaired) electrons. The molecule has 2 N–H and O–H groups in total. The molecule has 24 heavy (non-hydrogen) atoms. The molecule has 0 saturated carbocycles. The first kappa shape index (κ1) is 17.7. The Balaban J connectivity index is 2.34. The monoisotopic (exact) mass is 332 g/mol. The van der Waals surface area contributed by atoms with Gasteiger partial charge in [0.2, 0.25) is 0 Å². The predicted octanol–water partition coefficient (Wildman–Crippen LogP) is 1.99. The molecule has 0 aliphatic heterocycles. The maximum Gasteiger partial charge on any atom is 0.337 e. The van der Waals surface area contributed by atoms with E-state index in [4.69, 9.17) is 13.9 Å². The minimum Gasteiger partial charge on any atom is -0.465 e. The zero-order valence-corrected chi connectivity index (χ0v) is 14.1. The third-order valence-corrected chi connectivity index (χ3v) is 3.56. The Bertz CT molecular complexity index is 686. The van der Waals surface area contributed by atoms with E-state index in [2.05, 4.69) is 12.2 Å². The summed E-state index contributed by atoms with van der Waals surface area (Å²) in [7, 11) is 2.59. The normalized spacial score (nSPS) is 10.5. The van der Waals surface area contributed by atoms with E-state index in [1.165, 1.54) is 20.3 Å². The van der Waals surface area contributed by atoms with E-state index in [9.17, 15) is 9.59 Å². The van der Waals surface area contributed by atoms with Gasteiger partial charge in [-0.05, 0) is 36.8 Å². The van der Waals surface area contributed by atoms with Crippen molar-refractivity contribution < 1.29 is 28.8 Å². The van der Waals surface area contributed by atoms with Crippen LogP contribution in [-0.4, -0.2) is 32.7 Å². The standard InChI is InChI=1S/C18H21NO5/c1-4-7-19-11-15-5-6-16(24-15)12-8-13(17(20)22-2)10-14(9-12)18(21)23-3/h5-6,8-10,19H,4,7,11H2,1-3H3/p+1. The van der Waals surface area contributed by atoms with Gasteiger partial charge < -0.3 is 19.2 Å². The maximum atomic E-state index is 11.8. The lowest BCUT2D eigenvalue weighted by atomic mass is 10.0. The first-order chi connectivity index (χ1) is 11.6. The van der Waals surface area contributed by atoms with Crippen molar-refractivity contribution in [1.82, 2.24) is 0 Å². The fourth-order valence-electron chi connectivity index (χ4n) is 2.33. The lowest BCUT2D eigenvalue weighted by Gasteiger charge is -2.06. The van der Waals surface area contributed by atoms with E-state index in [1.54, 1.807) is 12.1 Å². The molecular formula is C18H22NO5+. The summed E-state index contributed by atoms with van der Waals surface area (Å²) in [5.74, 6) is 0.377. The Hall–Kier alpha value is -2.60. The van der Waals surface area contributed by atoms with Crippen LogP contribution in [0.4, 0.5) is 0 Å². The maximum absolute atomic E-state index is 11.8. The zero-order chi connectivity index (χ0) is 17.5. The van der Waals surface area contributed by atoms with Crippen molar-refractivity contribution in [3.63, 3.8) is 0 Å². The molecule has 0 aliphatic rings. The zero-order valence-electron chi connectivity index (χ0n) is 14.1. The smallest absolute Gasteiger partial charge is 0.337 e. The number of benzene rings is 1. The van der Waals surface area contributed by atoms with Crippen LogP contribution in [0.15, 0.2) is 34.7 Å². The summed E-state index contributed by atoms with van der Waals surface area (Å²) in [6.45, 7) is 3.89. The Morgan fingerprint density at radius 2 is 1.67 bits per heavy atom. The van der Waals surface area contributed by atoms with Crippen molar-refractivity contribution in [2.24, 2.45) is 0 Å². The van der Waals surface area contributed by atoms with Crippen LogP contribution >= 0.6 is 0 Å². The summed E-state index contributed by atoms with van der Waals surface area (Å²) in [5.41, 5.74) is 1.16. The fraction of sp³-hybridized carbons (Fsp3) is 0.333. The number of quaternary nitrogens is 1. The Labute approximate surface area is 140 Å². The molecule has 0 saturated heterocycles. The summed E-state index contributed by atoms with van der Waals surface area (Å²) in [5, 5.41) is 2.16. The van der Waals surface area contributed by atoms with Crippen molar-refractivity contribution in [1.29, 1.82) is 0 Å². The highest BCUT2D eigenvalue weighted by atomic mass is 16.5. The minimum atomic E-state index is -0.523. The number of carbonyl (C=O) groups excluding carboxylic acids is 2. The number of rotatable bonds is 7. The van der Waals surface area contributed by atoms with Crippen molar-refractivity contribution in [3.8, 4) is 11.3 Å². The highest BCUT2D eigenvalue weighted by Gasteiger charge is 2.16. The topological polar surface area (TPSA) is 82.3 Å². The number of furan rings is 1. The average molecular weight is 332 g/mol. The van der Waals surface area contributed by atoms with Gasteiger partial charge in [0.25, 0.3) is 0 Å². The third-order valence-electron chi connectivity index (χ3n) is 3.56. The van der Waals surface area contributed by atoms with E-state index in [1.807, 2.05) is 12.1 Å². The SMILES string of the molecule is CCC[NH2+]Cc1ccc(-c2cc(C(=O)OC)cc(C(=O)OC)c2)o1. The van der Waals surface area contributed by atoms with Gasteiger partial charge in [0, 0.05) is 5.56 Å². The van der Waals surface area contributed by atoms with Crippen LogP contribution in [0.25, 0.3) is 11.3 Å². The molecule has 0 fully saturated rings. The molecule has 6 nitrogen and oxygen atoms in total. The van der Waals surface area contributed by atoms with E-state index in [-0.39, 0.29) is 11.1 Å². The Kier molecular flexibility index (Phi) is 6.14. The molecule has 1 aromatic heterocycles.